The van der Waals surface area contributed by atoms with E-state index >= 15 is 0 Å². The smallest absolute Gasteiger partial charge is 0.305 e. The van der Waals surface area contributed by atoms with Gasteiger partial charge in [0, 0.05) is 12.6 Å². The number of carboxylic acid groups (broad SMARTS) is 1. The van der Waals surface area contributed by atoms with E-state index in [-0.39, 0.29) is 18.4 Å². The molecule has 0 aromatic heterocycles. The van der Waals surface area contributed by atoms with Crippen LogP contribution in [0.4, 0.5) is 0 Å². The summed E-state index contributed by atoms with van der Waals surface area (Å²) in [6.07, 6.45) is 2.93. The molecule has 5 heteroatoms. The molecule has 74 valence electrons. The molecule has 0 spiro atoms. The maximum Gasteiger partial charge on any atom is 0.305 e. The highest BCUT2D eigenvalue weighted by molar-refractivity contribution is 5.76. The van der Waals surface area contributed by atoms with Gasteiger partial charge in [-0.25, -0.2) is 0 Å². The molecule has 1 unspecified atom stereocenters. The molecule has 1 aliphatic rings. The number of piperidine rings is 1. The number of aliphatic carboxylic acids is 1. The van der Waals surface area contributed by atoms with Crippen molar-refractivity contribution in [2.45, 2.75) is 31.7 Å². The summed E-state index contributed by atoms with van der Waals surface area (Å²) in [4.78, 5) is 12.2. The average molecular weight is 185 g/mol. The Hall–Kier alpha value is -1.26. The van der Waals surface area contributed by atoms with Crippen LogP contribution in [0.3, 0.4) is 0 Å². The first-order valence-electron chi connectivity index (χ1n) is 4.43. The van der Waals surface area contributed by atoms with Crippen molar-refractivity contribution in [2.24, 2.45) is 5.73 Å². The Morgan fingerprint density at radius 1 is 1.62 bits per heavy atom. The Kier molecular flexibility index (Phi) is 3.11. The molecule has 0 radical (unpaired) electrons. The van der Waals surface area contributed by atoms with Gasteiger partial charge in [0.1, 0.15) is 0 Å². The normalized spacial score (nSPS) is 22.8. The number of likely N-dealkylation sites (tertiary alicyclic amines) is 1. The van der Waals surface area contributed by atoms with E-state index in [2.05, 4.69) is 0 Å². The largest absolute Gasteiger partial charge is 0.481 e. The van der Waals surface area contributed by atoms with E-state index < -0.39 is 5.97 Å². The van der Waals surface area contributed by atoms with Gasteiger partial charge in [-0.2, -0.15) is 0 Å². The zero-order chi connectivity index (χ0) is 9.84. The van der Waals surface area contributed by atoms with Crippen molar-refractivity contribution in [1.82, 2.24) is 4.90 Å². The summed E-state index contributed by atoms with van der Waals surface area (Å²) >= 11 is 0. The molecule has 5 nitrogen and oxygen atoms in total. The standard InChI is InChI=1S/C8H15N3O2/c9-8(10)11-4-2-1-3-6(11)5-7(12)13/h6H,1-5H2,(H3,9,10)(H,12,13). The topological polar surface area (TPSA) is 90.4 Å². The fraction of sp³-hybridized carbons (Fsp3) is 0.750. The lowest BCUT2D eigenvalue weighted by Gasteiger charge is -2.35. The van der Waals surface area contributed by atoms with Gasteiger partial charge in [0.25, 0.3) is 0 Å². The summed E-state index contributed by atoms with van der Waals surface area (Å²) in [7, 11) is 0. The van der Waals surface area contributed by atoms with Crippen molar-refractivity contribution in [3.63, 3.8) is 0 Å². The Labute approximate surface area is 77.0 Å². The van der Waals surface area contributed by atoms with E-state index in [0.717, 1.165) is 19.3 Å². The highest BCUT2D eigenvalue weighted by atomic mass is 16.4. The predicted molar refractivity (Wildman–Crippen MR) is 48.5 cm³/mol. The molecule has 0 bridgehead atoms. The van der Waals surface area contributed by atoms with Crippen molar-refractivity contribution in [3.05, 3.63) is 0 Å². The summed E-state index contributed by atoms with van der Waals surface area (Å²) < 4.78 is 0. The third-order valence-electron chi connectivity index (χ3n) is 2.35. The first-order chi connectivity index (χ1) is 6.11. The van der Waals surface area contributed by atoms with Crippen LogP contribution in [0.2, 0.25) is 0 Å². The number of guanidine groups is 1. The molecule has 0 aliphatic carbocycles. The van der Waals surface area contributed by atoms with Crippen LogP contribution in [0.5, 0.6) is 0 Å². The second kappa shape index (κ2) is 4.11. The molecule has 1 aliphatic heterocycles. The fourth-order valence-corrected chi connectivity index (χ4v) is 1.73. The van der Waals surface area contributed by atoms with Crippen LogP contribution in [0.15, 0.2) is 0 Å². The predicted octanol–water partition coefficient (Wildman–Crippen LogP) is 0.209. The summed E-state index contributed by atoms with van der Waals surface area (Å²) in [6.45, 7) is 0.716. The zero-order valence-electron chi connectivity index (χ0n) is 7.49. The maximum atomic E-state index is 10.5. The second-order valence-electron chi connectivity index (χ2n) is 3.33. The third kappa shape index (κ3) is 2.61. The van der Waals surface area contributed by atoms with E-state index in [1.807, 2.05) is 0 Å². The number of carboxylic acids is 1. The van der Waals surface area contributed by atoms with Crippen molar-refractivity contribution in [2.75, 3.05) is 6.54 Å². The Morgan fingerprint density at radius 2 is 2.31 bits per heavy atom. The van der Waals surface area contributed by atoms with Crippen molar-refractivity contribution in [3.8, 4) is 0 Å². The lowest BCUT2D eigenvalue weighted by atomic mass is 10.00. The van der Waals surface area contributed by atoms with E-state index in [4.69, 9.17) is 16.2 Å². The second-order valence-corrected chi connectivity index (χ2v) is 3.33. The molecule has 0 aromatic carbocycles. The number of hydrogen-bond donors (Lipinski definition) is 3. The number of hydrogen-bond acceptors (Lipinski definition) is 2. The van der Waals surface area contributed by atoms with E-state index in [1.165, 1.54) is 0 Å². The fourth-order valence-electron chi connectivity index (χ4n) is 1.73. The number of rotatable bonds is 2. The number of nitrogens with zero attached hydrogens (tertiary/aromatic N) is 1. The maximum absolute atomic E-state index is 10.5. The number of carbonyl (C=O) groups is 1. The molecule has 1 atom stereocenters. The zero-order valence-corrected chi connectivity index (χ0v) is 7.49. The Balaban J connectivity index is 2.56. The first kappa shape index (κ1) is 9.83. The van der Waals surface area contributed by atoms with Gasteiger partial charge in [0.05, 0.1) is 6.42 Å². The van der Waals surface area contributed by atoms with Gasteiger partial charge in [-0.05, 0) is 19.3 Å². The van der Waals surface area contributed by atoms with Gasteiger partial charge < -0.3 is 15.7 Å². The molecular weight excluding hydrogens is 170 g/mol. The SMILES string of the molecule is N=C(N)N1CCCCC1CC(=O)O. The molecule has 1 heterocycles. The highest BCUT2D eigenvalue weighted by Gasteiger charge is 2.25. The summed E-state index contributed by atoms with van der Waals surface area (Å²) in [5.74, 6) is -0.830. The van der Waals surface area contributed by atoms with Crippen LogP contribution >= 0.6 is 0 Å². The molecule has 0 amide bonds. The highest BCUT2D eigenvalue weighted by Crippen LogP contribution is 2.18. The third-order valence-corrected chi connectivity index (χ3v) is 2.35. The number of nitrogens with one attached hydrogen (secondary N) is 1. The monoisotopic (exact) mass is 185 g/mol. The molecular formula is C8H15N3O2. The van der Waals surface area contributed by atoms with E-state index in [9.17, 15) is 4.79 Å². The summed E-state index contributed by atoms with van der Waals surface area (Å²) in [5, 5.41) is 15.9. The van der Waals surface area contributed by atoms with Crippen molar-refractivity contribution < 1.29 is 9.90 Å². The lowest BCUT2D eigenvalue weighted by Crippen LogP contribution is -2.47. The minimum atomic E-state index is -0.821. The lowest BCUT2D eigenvalue weighted by molar-refractivity contribution is -0.138. The Bertz CT molecular complexity index is 217. The van der Waals surface area contributed by atoms with E-state index in [0.29, 0.717) is 6.54 Å². The van der Waals surface area contributed by atoms with Gasteiger partial charge in [0.2, 0.25) is 0 Å². The molecule has 0 aromatic rings. The molecule has 1 rings (SSSR count). The molecule has 13 heavy (non-hydrogen) atoms. The Morgan fingerprint density at radius 3 is 2.85 bits per heavy atom. The molecule has 0 saturated carbocycles. The van der Waals surface area contributed by atoms with Gasteiger partial charge in [-0.3, -0.25) is 10.2 Å². The van der Waals surface area contributed by atoms with Crippen LogP contribution < -0.4 is 5.73 Å². The van der Waals surface area contributed by atoms with Gasteiger partial charge >= 0.3 is 5.97 Å². The van der Waals surface area contributed by atoms with Crippen molar-refractivity contribution >= 4 is 11.9 Å². The van der Waals surface area contributed by atoms with Gasteiger partial charge in [-0.15, -0.1) is 0 Å². The van der Waals surface area contributed by atoms with Crippen LogP contribution in [0, 0.1) is 5.41 Å². The minimum Gasteiger partial charge on any atom is -0.481 e. The van der Waals surface area contributed by atoms with Crippen LogP contribution in [0.25, 0.3) is 0 Å². The van der Waals surface area contributed by atoms with Crippen LogP contribution in [-0.2, 0) is 4.79 Å². The summed E-state index contributed by atoms with van der Waals surface area (Å²) in [5.41, 5.74) is 5.35. The van der Waals surface area contributed by atoms with Gasteiger partial charge in [-0.1, -0.05) is 0 Å². The van der Waals surface area contributed by atoms with Gasteiger partial charge in [0.15, 0.2) is 5.96 Å². The minimum absolute atomic E-state index is 0.00838. The molecule has 4 N–H and O–H groups in total. The molecule has 1 saturated heterocycles. The van der Waals surface area contributed by atoms with Crippen molar-refractivity contribution in [1.29, 1.82) is 5.41 Å². The quantitative estimate of drug-likeness (QED) is 0.423. The first-order valence-corrected chi connectivity index (χ1v) is 4.43. The molecule has 1 fully saturated rings. The van der Waals surface area contributed by atoms with Crippen LogP contribution in [-0.4, -0.2) is 34.5 Å². The number of nitrogens with two attached hydrogens (primary N) is 1. The summed E-state index contributed by atoms with van der Waals surface area (Å²) in [6, 6.07) is -0.0799. The van der Waals surface area contributed by atoms with E-state index in [1.54, 1.807) is 4.90 Å². The average Bonchev–Trinajstić information content (AvgIpc) is 2.03. The van der Waals surface area contributed by atoms with Crippen LogP contribution in [0.1, 0.15) is 25.7 Å².